The number of hydrogen-bond donors (Lipinski definition) is 3. The van der Waals surface area contributed by atoms with Gasteiger partial charge in [0.25, 0.3) is 0 Å². The number of aromatic nitrogens is 4. The number of aromatic amines is 2. The molecule has 3 N–H and O–H groups in total. The van der Waals surface area contributed by atoms with Crippen molar-refractivity contribution in [2.75, 3.05) is 7.05 Å². The minimum Gasteiger partial charge on any atom is -0.344 e. The Morgan fingerprint density at radius 1 is 1.42 bits per heavy atom. The predicted octanol–water partition coefficient (Wildman–Crippen LogP) is 3.03. The normalized spacial score (nSPS) is 12.9. The van der Waals surface area contributed by atoms with Gasteiger partial charge in [0.05, 0.1) is 24.0 Å². The summed E-state index contributed by atoms with van der Waals surface area (Å²) in [5.74, 6) is 0.785. The number of carbonyl (C=O) groups excluding carboxylic acids is 1. The van der Waals surface area contributed by atoms with Crippen LogP contribution in [-0.4, -0.2) is 38.1 Å². The van der Waals surface area contributed by atoms with Crippen LogP contribution in [-0.2, 0) is 12.0 Å². The second-order valence-electron chi connectivity index (χ2n) is 7.25. The Morgan fingerprint density at radius 3 is 2.62 bits per heavy atom. The summed E-state index contributed by atoms with van der Waals surface area (Å²) in [5.41, 5.74) is 2.88. The molecule has 0 saturated heterocycles. The van der Waals surface area contributed by atoms with Crippen molar-refractivity contribution in [3.63, 3.8) is 0 Å². The number of amides is 2. The maximum atomic E-state index is 12.4. The first-order valence-electron chi connectivity index (χ1n) is 8.28. The molecule has 0 fully saturated rings. The first kappa shape index (κ1) is 18.0. The summed E-state index contributed by atoms with van der Waals surface area (Å²) in [5, 5.41) is 10.4. The molecule has 0 aliphatic carbocycles. The van der Waals surface area contributed by atoms with Crippen LogP contribution in [0.25, 0.3) is 0 Å². The van der Waals surface area contributed by atoms with Gasteiger partial charge < -0.3 is 15.2 Å². The highest BCUT2D eigenvalue weighted by molar-refractivity contribution is 5.74. The minimum absolute atomic E-state index is 0.0139. The Labute approximate surface area is 143 Å². The van der Waals surface area contributed by atoms with Crippen molar-refractivity contribution in [3.8, 4) is 0 Å². The summed E-state index contributed by atoms with van der Waals surface area (Å²) in [6.07, 6.45) is 2.54. The molecular weight excluding hydrogens is 304 g/mol. The molecule has 0 spiro atoms. The SMILES string of the molecule is CCC(NC(=O)N(C)Cc1cc(C(C)(C)C)n[nH]1)c1ncc(C)[nH]1. The van der Waals surface area contributed by atoms with Crippen LogP contribution in [0.15, 0.2) is 12.3 Å². The average molecular weight is 332 g/mol. The fourth-order valence-electron chi connectivity index (χ4n) is 2.39. The molecule has 0 aliphatic heterocycles. The zero-order chi connectivity index (χ0) is 17.9. The monoisotopic (exact) mass is 332 g/mol. The lowest BCUT2D eigenvalue weighted by atomic mass is 9.92. The van der Waals surface area contributed by atoms with Crippen LogP contribution in [0.3, 0.4) is 0 Å². The van der Waals surface area contributed by atoms with Crippen LogP contribution in [0.1, 0.15) is 63.1 Å². The Morgan fingerprint density at radius 2 is 2.12 bits per heavy atom. The zero-order valence-electron chi connectivity index (χ0n) is 15.4. The highest BCUT2D eigenvalue weighted by Crippen LogP contribution is 2.20. The lowest BCUT2D eigenvalue weighted by Gasteiger charge is -2.21. The quantitative estimate of drug-likeness (QED) is 0.786. The lowest BCUT2D eigenvalue weighted by molar-refractivity contribution is 0.201. The Kier molecular flexibility index (Phi) is 5.31. The van der Waals surface area contributed by atoms with Crippen molar-refractivity contribution >= 4 is 6.03 Å². The third-order valence-corrected chi connectivity index (χ3v) is 3.91. The molecule has 0 aliphatic rings. The van der Waals surface area contributed by atoms with Crippen LogP contribution in [0.2, 0.25) is 0 Å². The van der Waals surface area contributed by atoms with E-state index in [0.717, 1.165) is 29.3 Å². The van der Waals surface area contributed by atoms with E-state index in [9.17, 15) is 4.79 Å². The molecule has 0 aromatic carbocycles. The molecule has 0 bridgehead atoms. The number of urea groups is 1. The Bertz CT molecular complexity index is 681. The summed E-state index contributed by atoms with van der Waals surface area (Å²) in [4.78, 5) is 21.6. The second-order valence-corrected chi connectivity index (χ2v) is 7.25. The summed E-state index contributed by atoms with van der Waals surface area (Å²) >= 11 is 0. The van der Waals surface area contributed by atoms with E-state index in [2.05, 4.69) is 46.3 Å². The van der Waals surface area contributed by atoms with Gasteiger partial charge in [-0.05, 0) is 19.4 Å². The average Bonchev–Trinajstić information content (AvgIpc) is 3.13. The maximum absolute atomic E-state index is 12.4. The Balaban J connectivity index is 1.97. The smallest absolute Gasteiger partial charge is 0.318 e. The largest absolute Gasteiger partial charge is 0.344 e. The summed E-state index contributed by atoms with van der Waals surface area (Å²) in [6, 6.07) is 1.75. The van der Waals surface area contributed by atoms with Crippen molar-refractivity contribution in [3.05, 3.63) is 35.2 Å². The van der Waals surface area contributed by atoms with Gasteiger partial charge in [0.15, 0.2) is 0 Å². The van der Waals surface area contributed by atoms with Crippen LogP contribution in [0.5, 0.6) is 0 Å². The topological polar surface area (TPSA) is 89.7 Å². The molecule has 24 heavy (non-hydrogen) atoms. The second kappa shape index (κ2) is 7.07. The Hall–Kier alpha value is -2.31. The van der Waals surface area contributed by atoms with E-state index in [1.807, 2.05) is 19.9 Å². The summed E-state index contributed by atoms with van der Waals surface area (Å²) in [6.45, 7) is 10.8. The van der Waals surface area contributed by atoms with Gasteiger partial charge in [-0.2, -0.15) is 5.10 Å². The molecule has 2 amide bonds. The third-order valence-electron chi connectivity index (χ3n) is 3.91. The van der Waals surface area contributed by atoms with Crippen LogP contribution >= 0.6 is 0 Å². The summed E-state index contributed by atoms with van der Waals surface area (Å²) < 4.78 is 0. The van der Waals surface area contributed by atoms with Crippen LogP contribution in [0, 0.1) is 6.92 Å². The van der Waals surface area contributed by atoms with Crippen molar-refractivity contribution in [2.45, 2.75) is 59.0 Å². The van der Waals surface area contributed by atoms with E-state index >= 15 is 0 Å². The van der Waals surface area contributed by atoms with Crippen molar-refractivity contribution in [2.24, 2.45) is 0 Å². The zero-order valence-corrected chi connectivity index (χ0v) is 15.4. The number of H-pyrrole nitrogens is 2. The number of imidazole rings is 1. The molecule has 1 unspecified atom stereocenters. The predicted molar refractivity (Wildman–Crippen MR) is 93.6 cm³/mol. The van der Waals surface area contributed by atoms with Gasteiger partial charge in [-0.3, -0.25) is 5.10 Å². The molecule has 132 valence electrons. The van der Waals surface area contributed by atoms with E-state index in [1.54, 1.807) is 18.1 Å². The van der Waals surface area contributed by atoms with Crippen molar-refractivity contribution in [1.29, 1.82) is 0 Å². The third kappa shape index (κ3) is 4.37. The number of rotatable bonds is 5. The van der Waals surface area contributed by atoms with E-state index in [1.165, 1.54) is 0 Å². The molecule has 7 heteroatoms. The highest BCUT2D eigenvalue weighted by atomic mass is 16.2. The molecule has 2 heterocycles. The van der Waals surface area contributed by atoms with E-state index in [0.29, 0.717) is 6.54 Å². The molecule has 2 aromatic heterocycles. The van der Waals surface area contributed by atoms with Gasteiger partial charge in [-0.1, -0.05) is 27.7 Å². The molecule has 2 rings (SSSR count). The maximum Gasteiger partial charge on any atom is 0.318 e. The van der Waals surface area contributed by atoms with Crippen LogP contribution in [0.4, 0.5) is 4.79 Å². The molecule has 2 aromatic rings. The van der Waals surface area contributed by atoms with Crippen molar-refractivity contribution in [1.82, 2.24) is 30.4 Å². The lowest BCUT2D eigenvalue weighted by Crippen LogP contribution is -2.39. The van der Waals surface area contributed by atoms with Gasteiger partial charge in [0.2, 0.25) is 0 Å². The van der Waals surface area contributed by atoms with Gasteiger partial charge in [0.1, 0.15) is 5.82 Å². The van der Waals surface area contributed by atoms with Gasteiger partial charge in [0, 0.05) is 24.4 Å². The van der Waals surface area contributed by atoms with Gasteiger partial charge in [-0.15, -0.1) is 0 Å². The molecule has 7 nitrogen and oxygen atoms in total. The van der Waals surface area contributed by atoms with Crippen LogP contribution < -0.4 is 5.32 Å². The first-order valence-corrected chi connectivity index (χ1v) is 8.28. The molecule has 1 atom stereocenters. The van der Waals surface area contributed by atoms with Gasteiger partial charge >= 0.3 is 6.03 Å². The number of aryl methyl sites for hydroxylation is 1. The molecular formula is C17H28N6O. The minimum atomic E-state index is -0.136. The van der Waals surface area contributed by atoms with E-state index < -0.39 is 0 Å². The number of nitrogens with one attached hydrogen (secondary N) is 3. The fraction of sp³-hybridized carbons (Fsp3) is 0.588. The highest BCUT2D eigenvalue weighted by Gasteiger charge is 2.20. The standard InChI is InChI=1S/C17H28N6O/c1-7-13(15-18-9-11(2)19-15)20-16(24)23(6)10-12-8-14(22-21-12)17(3,4)5/h8-9,13H,7,10H2,1-6H3,(H,18,19)(H,20,24)(H,21,22). The van der Waals surface area contributed by atoms with E-state index in [4.69, 9.17) is 0 Å². The molecule has 0 saturated carbocycles. The fourth-order valence-corrected chi connectivity index (χ4v) is 2.39. The number of carbonyl (C=O) groups is 1. The number of hydrogen-bond acceptors (Lipinski definition) is 3. The molecule has 0 radical (unpaired) electrons. The van der Waals surface area contributed by atoms with Gasteiger partial charge in [-0.25, -0.2) is 9.78 Å². The van der Waals surface area contributed by atoms with Crippen molar-refractivity contribution < 1.29 is 4.79 Å². The van der Waals surface area contributed by atoms with E-state index in [-0.39, 0.29) is 17.5 Å². The summed E-state index contributed by atoms with van der Waals surface area (Å²) in [7, 11) is 1.77. The number of nitrogens with zero attached hydrogens (tertiary/aromatic N) is 3. The first-order chi connectivity index (χ1) is 11.2.